The molecule has 2 aromatic carbocycles. The van der Waals surface area contributed by atoms with Gasteiger partial charge in [-0.25, -0.2) is 9.37 Å². The Labute approximate surface area is 147 Å². The van der Waals surface area contributed by atoms with Crippen molar-refractivity contribution in [2.24, 2.45) is 0 Å². The van der Waals surface area contributed by atoms with Crippen molar-refractivity contribution in [2.75, 3.05) is 18.0 Å². The molecule has 0 amide bonds. The van der Waals surface area contributed by atoms with Crippen molar-refractivity contribution >= 4 is 16.7 Å². The van der Waals surface area contributed by atoms with Crippen LogP contribution < -0.4 is 4.90 Å². The number of nitrogens with one attached hydrogen (secondary N) is 1. The van der Waals surface area contributed by atoms with Crippen LogP contribution in [0.4, 0.5) is 23.2 Å². The number of benzene rings is 2. The first kappa shape index (κ1) is 16.9. The largest absolute Gasteiger partial charge is 0.419 e. The van der Waals surface area contributed by atoms with Gasteiger partial charge in [0.2, 0.25) is 0 Å². The molecule has 0 unspecified atom stereocenters. The Kier molecular flexibility index (Phi) is 4.09. The summed E-state index contributed by atoms with van der Waals surface area (Å²) in [5.74, 6) is -0.896. The van der Waals surface area contributed by atoms with Crippen LogP contribution in [-0.2, 0) is 6.18 Å². The molecule has 0 radical (unpaired) electrons. The van der Waals surface area contributed by atoms with E-state index in [1.165, 1.54) is 19.3 Å². The number of aromatic nitrogens is 2. The molecule has 0 aliphatic carbocycles. The van der Waals surface area contributed by atoms with Gasteiger partial charge in [-0.05, 0) is 49.6 Å². The summed E-state index contributed by atoms with van der Waals surface area (Å²) >= 11 is 0. The first-order chi connectivity index (χ1) is 12.4. The Morgan fingerprint density at radius 2 is 1.65 bits per heavy atom. The number of aromatic amines is 1. The van der Waals surface area contributed by atoms with E-state index < -0.39 is 17.6 Å². The summed E-state index contributed by atoms with van der Waals surface area (Å²) in [7, 11) is 0. The molecule has 1 saturated heterocycles. The standard InChI is InChI=1S/C19H17F4N3/c20-15-11-17-16(10-14(15)19(21,22)23)24-18(25-17)12-4-6-13(7-5-12)26-8-2-1-3-9-26/h4-7,10-11H,1-3,8-9H2,(H,24,25). The smallest absolute Gasteiger partial charge is 0.372 e. The molecule has 0 atom stereocenters. The third kappa shape index (κ3) is 3.13. The lowest BCUT2D eigenvalue weighted by molar-refractivity contribution is -0.139. The predicted molar refractivity (Wildman–Crippen MR) is 92.6 cm³/mol. The molecule has 1 fully saturated rings. The number of hydrogen-bond donors (Lipinski definition) is 1. The Bertz CT molecular complexity index is 922. The third-order valence-corrected chi connectivity index (χ3v) is 4.74. The maximum atomic E-state index is 13.7. The van der Waals surface area contributed by atoms with E-state index in [1.54, 1.807) is 0 Å². The van der Waals surface area contributed by atoms with Crippen molar-refractivity contribution in [3.8, 4) is 11.4 Å². The van der Waals surface area contributed by atoms with Crippen LogP contribution in [0.15, 0.2) is 36.4 Å². The first-order valence-electron chi connectivity index (χ1n) is 8.54. The maximum Gasteiger partial charge on any atom is 0.419 e. The lowest BCUT2D eigenvalue weighted by Gasteiger charge is -2.28. The highest BCUT2D eigenvalue weighted by molar-refractivity contribution is 5.80. The van der Waals surface area contributed by atoms with Gasteiger partial charge in [-0.3, -0.25) is 0 Å². The second-order valence-electron chi connectivity index (χ2n) is 6.53. The average Bonchev–Trinajstić information content (AvgIpc) is 3.04. The molecule has 136 valence electrons. The van der Waals surface area contributed by atoms with Crippen molar-refractivity contribution in [2.45, 2.75) is 25.4 Å². The van der Waals surface area contributed by atoms with Gasteiger partial charge in [-0.2, -0.15) is 13.2 Å². The molecular formula is C19H17F4N3. The normalized spacial score (nSPS) is 15.6. The number of fused-ring (bicyclic) bond motifs is 1. The van der Waals surface area contributed by atoms with Crippen molar-refractivity contribution < 1.29 is 17.6 Å². The van der Waals surface area contributed by atoms with E-state index in [4.69, 9.17) is 0 Å². The summed E-state index contributed by atoms with van der Waals surface area (Å²) in [6.07, 6.45) is -1.12. The molecule has 1 aliphatic rings. The summed E-state index contributed by atoms with van der Waals surface area (Å²) < 4.78 is 52.3. The van der Waals surface area contributed by atoms with Crippen molar-refractivity contribution in [3.05, 3.63) is 47.8 Å². The zero-order valence-corrected chi connectivity index (χ0v) is 13.9. The third-order valence-electron chi connectivity index (χ3n) is 4.74. The van der Waals surface area contributed by atoms with Gasteiger partial charge >= 0.3 is 6.18 Å². The summed E-state index contributed by atoms with van der Waals surface area (Å²) in [6, 6.07) is 9.31. The number of imidazole rings is 1. The lowest BCUT2D eigenvalue weighted by Crippen LogP contribution is -2.29. The fraction of sp³-hybridized carbons (Fsp3) is 0.316. The quantitative estimate of drug-likeness (QED) is 0.620. The number of H-pyrrole nitrogens is 1. The number of piperidine rings is 1. The monoisotopic (exact) mass is 363 g/mol. The fourth-order valence-corrected chi connectivity index (χ4v) is 3.37. The highest BCUT2D eigenvalue weighted by Gasteiger charge is 2.34. The Balaban J connectivity index is 1.66. The van der Waals surface area contributed by atoms with E-state index in [2.05, 4.69) is 14.9 Å². The van der Waals surface area contributed by atoms with Crippen LogP contribution >= 0.6 is 0 Å². The molecule has 3 nitrogen and oxygen atoms in total. The van der Waals surface area contributed by atoms with E-state index in [0.29, 0.717) is 5.82 Å². The van der Waals surface area contributed by atoms with E-state index in [0.717, 1.165) is 36.5 Å². The molecule has 7 heteroatoms. The summed E-state index contributed by atoms with van der Waals surface area (Å²) in [5.41, 5.74) is 0.908. The molecular weight excluding hydrogens is 346 g/mol. The van der Waals surface area contributed by atoms with E-state index >= 15 is 0 Å². The molecule has 0 saturated carbocycles. The zero-order valence-electron chi connectivity index (χ0n) is 13.9. The average molecular weight is 363 g/mol. The van der Waals surface area contributed by atoms with Gasteiger partial charge in [0.25, 0.3) is 0 Å². The van der Waals surface area contributed by atoms with Gasteiger partial charge in [-0.1, -0.05) is 0 Å². The van der Waals surface area contributed by atoms with E-state index in [-0.39, 0.29) is 11.0 Å². The van der Waals surface area contributed by atoms with Crippen LogP contribution in [0.25, 0.3) is 22.4 Å². The molecule has 3 aromatic rings. The van der Waals surface area contributed by atoms with Crippen LogP contribution in [0.3, 0.4) is 0 Å². The van der Waals surface area contributed by atoms with Gasteiger partial charge in [0.05, 0.1) is 16.6 Å². The second-order valence-corrected chi connectivity index (χ2v) is 6.53. The fourth-order valence-electron chi connectivity index (χ4n) is 3.37. The molecule has 1 N–H and O–H groups in total. The highest BCUT2D eigenvalue weighted by Crippen LogP contribution is 2.34. The SMILES string of the molecule is Fc1cc2nc(-c3ccc(N4CCCCC4)cc3)[nH]c2cc1C(F)(F)F. The van der Waals surface area contributed by atoms with Gasteiger partial charge in [-0.15, -0.1) is 0 Å². The summed E-state index contributed by atoms with van der Waals surface area (Å²) in [6.45, 7) is 2.06. The topological polar surface area (TPSA) is 31.9 Å². The van der Waals surface area contributed by atoms with Crippen molar-refractivity contribution in [1.29, 1.82) is 0 Å². The molecule has 1 aliphatic heterocycles. The minimum atomic E-state index is -4.74. The number of anilines is 1. The molecule has 26 heavy (non-hydrogen) atoms. The Hall–Kier alpha value is -2.57. The van der Waals surface area contributed by atoms with Crippen LogP contribution in [0.2, 0.25) is 0 Å². The molecule has 0 spiro atoms. The Morgan fingerprint density at radius 3 is 2.31 bits per heavy atom. The number of nitrogens with zero attached hydrogens (tertiary/aromatic N) is 2. The number of alkyl halides is 3. The number of rotatable bonds is 2. The van der Waals surface area contributed by atoms with Crippen LogP contribution in [0.5, 0.6) is 0 Å². The molecule has 4 rings (SSSR count). The summed E-state index contributed by atoms with van der Waals surface area (Å²) in [4.78, 5) is 9.41. The number of halogens is 4. The zero-order chi connectivity index (χ0) is 18.3. The number of hydrogen-bond acceptors (Lipinski definition) is 2. The van der Waals surface area contributed by atoms with Crippen molar-refractivity contribution in [1.82, 2.24) is 9.97 Å². The van der Waals surface area contributed by atoms with Crippen molar-refractivity contribution in [3.63, 3.8) is 0 Å². The highest BCUT2D eigenvalue weighted by atomic mass is 19.4. The van der Waals surface area contributed by atoms with Gasteiger partial charge < -0.3 is 9.88 Å². The maximum absolute atomic E-state index is 13.7. The van der Waals surface area contributed by atoms with Gasteiger partial charge in [0.1, 0.15) is 11.6 Å². The molecule has 1 aromatic heterocycles. The van der Waals surface area contributed by atoms with Crippen LogP contribution in [0, 0.1) is 5.82 Å². The van der Waals surface area contributed by atoms with E-state index in [1.807, 2.05) is 24.3 Å². The molecule has 2 heterocycles. The van der Waals surface area contributed by atoms with Gasteiger partial charge in [0.15, 0.2) is 0 Å². The van der Waals surface area contributed by atoms with E-state index in [9.17, 15) is 17.6 Å². The summed E-state index contributed by atoms with van der Waals surface area (Å²) in [5, 5.41) is 0. The minimum absolute atomic E-state index is 0.161. The van der Waals surface area contributed by atoms with Crippen LogP contribution in [-0.4, -0.2) is 23.1 Å². The molecule has 0 bridgehead atoms. The van der Waals surface area contributed by atoms with Crippen LogP contribution in [0.1, 0.15) is 24.8 Å². The van der Waals surface area contributed by atoms with Gasteiger partial charge in [0, 0.05) is 30.4 Å². The Morgan fingerprint density at radius 1 is 0.962 bits per heavy atom. The first-order valence-corrected chi connectivity index (χ1v) is 8.54. The lowest BCUT2D eigenvalue weighted by atomic mass is 10.1. The second kappa shape index (κ2) is 6.30. The minimum Gasteiger partial charge on any atom is -0.372 e. The predicted octanol–water partition coefficient (Wildman–Crippen LogP) is 5.38.